The molecule has 1 aliphatic rings. The highest BCUT2D eigenvalue weighted by Gasteiger charge is 2.39. The van der Waals surface area contributed by atoms with Gasteiger partial charge in [-0.3, -0.25) is 0 Å². The van der Waals surface area contributed by atoms with E-state index in [2.05, 4.69) is 20.6 Å². The zero-order valence-corrected chi connectivity index (χ0v) is 15.3. The van der Waals surface area contributed by atoms with Crippen LogP contribution in [-0.4, -0.2) is 29.0 Å². The largest absolute Gasteiger partial charge is 0.417 e. The number of nitrogens with zero attached hydrogens (tertiary/aromatic N) is 3. The fraction of sp³-hybridized carbons (Fsp3) is 0.562. The molecular weight excluding hydrogens is 383 g/mol. The van der Waals surface area contributed by atoms with Crippen molar-refractivity contribution < 1.29 is 21.6 Å². The lowest BCUT2D eigenvalue weighted by atomic mass is 9.84. The lowest BCUT2D eigenvalue weighted by molar-refractivity contribution is -0.139. The maximum Gasteiger partial charge on any atom is 0.417 e. The lowest BCUT2D eigenvalue weighted by Crippen LogP contribution is -2.21. The van der Waals surface area contributed by atoms with Crippen LogP contribution in [0.2, 0.25) is 0 Å². The van der Waals surface area contributed by atoms with Crippen LogP contribution in [0.25, 0.3) is 11.4 Å². The highest BCUT2D eigenvalue weighted by Crippen LogP contribution is 2.40. The van der Waals surface area contributed by atoms with Gasteiger partial charge in [-0.05, 0) is 35.6 Å². The zero-order valence-electron chi connectivity index (χ0n) is 14.5. The Kier molecular flexibility index (Phi) is 5.52. The molecule has 1 heterocycles. The minimum absolute atomic E-state index is 0.219. The van der Waals surface area contributed by atoms with Crippen LogP contribution in [0.3, 0.4) is 0 Å². The first-order chi connectivity index (χ1) is 12.7. The van der Waals surface area contributed by atoms with E-state index < -0.39 is 26.7 Å². The molecule has 11 heteroatoms. The summed E-state index contributed by atoms with van der Waals surface area (Å²) in [4.78, 5) is -1.00. The fourth-order valence-electron chi connectivity index (χ4n) is 3.70. The first-order valence-electron chi connectivity index (χ1n) is 8.67. The second kappa shape index (κ2) is 7.55. The Balaban J connectivity index is 2.10. The summed E-state index contributed by atoms with van der Waals surface area (Å²) in [6, 6.07) is 2.05. The minimum Gasteiger partial charge on any atom is -0.225 e. The molecule has 0 unspecified atom stereocenters. The minimum atomic E-state index is -4.89. The van der Waals surface area contributed by atoms with Gasteiger partial charge in [0.15, 0.2) is 0 Å². The van der Waals surface area contributed by atoms with Crippen molar-refractivity contribution in [3.05, 3.63) is 23.3 Å². The van der Waals surface area contributed by atoms with Crippen molar-refractivity contribution in [1.82, 2.24) is 20.6 Å². The molecule has 2 aromatic rings. The number of H-pyrrole nitrogens is 1. The van der Waals surface area contributed by atoms with Crippen LogP contribution < -0.4 is 5.14 Å². The number of hydrogen-bond acceptors (Lipinski definition) is 5. The van der Waals surface area contributed by atoms with Gasteiger partial charge in [-0.15, -0.1) is 10.2 Å². The zero-order chi connectivity index (χ0) is 19.7. The third-order valence-corrected chi connectivity index (χ3v) is 5.94. The molecule has 27 heavy (non-hydrogen) atoms. The standard InChI is InChI=1S/C16H20F3N5O2S/c17-16(18,19)12-9-8-11(7-6-10-4-2-1-3-5-10)13(14(12)27(20,25)26)15-21-23-24-22-15/h8-10H,1-7H2,(H2,20,25,26)(H,21,22,23,24). The molecule has 0 saturated heterocycles. The summed E-state index contributed by atoms with van der Waals surface area (Å²) in [5.41, 5.74) is -1.14. The summed E-state index contributed by atoms with van der Waals surface area (Å²) in [5, 5.41) is 18.1. The maximum absolute atomic E-state index is 13.4. The third kappa shape index (κ3) is 4.46. The first-order valence-corrected chi connectivity index (χ1v) is 10.2. The van der Waals surface area contributed by atoms with Gasteiger partial charge in [0.2, 0.25) is 15.8 Å². The van der Waals surface area contributed by atoms with Crippen molar-refractivity contribution in [3.63, 3.8) is 0 Å². The number of hydrogen-bond donors (Lipinski definition) is 2. The number of benzene rings is 1. The quantitative estimate of drug-likeness (QED) is 0.796. The van der Waals surface area contributed by atoms with Crippen molar-refractivity contribution in [1.29, 1.82) is 0 Å². The average Bonchev–Trinajstić information content (AvgIpc) is 3.12. The summed E-state index contributed by atoms with van der Waals surface area (Å²) in [6.07, 6.45) is 1.88. The lowest BCUT2D eigenvalue weighted by Gasteiger charge is -2.22. The van der Waals surface area contributed by atoms with E-state index in [-0.39, 0.29) is 11.4 Å². The molecule has 3 N–H and O–H groups in total. The molecule has 148 valence electrons. The summed E-state index contributed by atoms with van der Waals surface area (Å²) >= 11 is 0. The summed E-state index contributed by atoms with van der Waals surface area (Å²) < 4.78 is 64.4. The van der Waals surface area contributed by atoms with Gasteiger partial charge in [-0.1, -0.05) is 38.2 Å². The number of aromatic amines is 1. The second-order valence-corrected chi connectivity index (χ2v) is 8.30. The van der Waals surface area contributed by atoms with E-state index >= 15 is 0 Å². The first kappa shape index (κ1) is 19.7. The molecule has 0 radical (unpaired) electrons. The molecule has 1 aromatic carbocycles. The molecule has 1 fully saturated rings. The van der Waals surface area contributed by atoms with Gasteiger partial charge in [-0.2, -0.15) is 18.4 Å². The van der Waals surface area contributed by atoms with Crippen LogP contribution in [0.5, 0.6) is 0 Å². The van der Waals surface area contributed by atoms with Gasteiger partial charge in [0, 0.05) is 5.56 Å². The predicted octanol–water partition coefficient (Wildman–Crippen LogP) is 3.05. The predicted molar refractivity (Wildman–Crippen MR) is 90.9 cm³/mol. The van der Waals surface area contributed by atoms with Gasteiger partial charge >= 0.3 is 6.18 Å². The van der Waals surface area contributed by atoms with E-state index in [1.54, 1.807) is 0 Å². The molecule has 0 amide bonds. The van der Waals surface area contributed by atoms with Crippen LogP contribution >= 0.6 is 0 Å². The number of aryl methyl sites for hydroxylation is 1. The molecule has 0 spiro atoms. The molecule has 1 aliphatic carbocycles. The molecular formula is C16H20F3N5O2S. The van der Waals surface area contributed by atoms with Crippen LogP contribution in [-0.2, 0) is 22.6 Å². The number of sulfonamides is 1. The Labute approximate surface area is 154 Å². The smallest absolute Gasteiger partial charge is 0.225 e. The number of nitrogens with two attached hydrogens (primary N) is 1. The number of nitrogens with one attached hydrogen (secondary N) is 1. The van der Waals surface area contributed by atoms with E-state index in [1.807, 2.05) is 0 Å². The summed E-state index contributed by atoms with van der Waals surface area (Å²) in [5.74, 6) is 0.251. The third-order valence-electron chi connectivity index (χ3n) is 4.95. The number of aromatic nitrogens is 4. The van der Waals surface area contributed by atoms with Crippen LogP contribution in [0, 0.1) is 5.92 Å². The molecule has 7 nitrogen and oxygen atoms in total. The van der Waals surface area contributed by atoms with E-state index in [0.717, 1.165) is 38.2 Å². The van der Waals surface area contributed by atoms with Crippen LogP contribution in [0.1, 0.15) is 49.7 Å². The number of tetrazole rings is 1. The topological polar surface area (TPSA) is 115 Å². The van der Waals surface area contributed by atoms with Crippen molar-refractivity contribution in [2.45, 2.75) is 56.0 Å². The van der Waals surface area contributed by atoms with Gasteiger partial charge in [0.05, 0.1) is 5.56 Å². The van der Waals surface area contributed by atoms with Gasteiger partial charge in [0.25, 0.3) is 0 Å². The van der Waals surface area contributed by atoms with Crippen molar-refractivity contribution in [2.24, 2.45) is 11.1 Å². The Hall–Kier alpha value is -2.01. The Morgan fingerprint density at radius 1 is 1.19 bits per heavy atom. The fourth-order valence-corrected chi connectivity index (χ4v) is 4.70. The second-order valence-electron chi connectivity index (χ2n) is 6.80. The Bertz CT molecular complexity index is 892. The molecule has 1 saturated carbocycles. The molecule has 0 aliphatic heterocycles. The average molecular weight is 403 g/mol. The van der Waals surface area contributed by atoms with Crippen molar-refractivity contribution in [3.8, 4) is 11.4 Å². The Morgan fingerprint density at radius 3 is 2.44 bits per heavy atom. The Morgan fingerprint density at radius 2 is 1.89 bits per heavy atom. The molecule has 3 rings (SSSR count). The van der Waals surface area contributed by atoms with E-state index in [1.165, 1.54) is 12.5 Å². The maximum atomic E-state index is 13.4. The molecule has 0 bridgehead atoms. The number of halogens is 3. The van der Waals surface area contributed by atoms with Crippen molar-refractivity contribution >= 4 is 10.0 Å². The number of rotatable bonds is 5. The normalized spacial score (nSPS) is 16.6. The number of alkyl halides is 3. The monoisotopic (exact) mass is 403 g/mol. The summed E-state index contributed by atoms with van der Waals surface area (Å²) in [6.45, 7) is 0. The van der Waals surface area contributed by atoms with Crippen LogP contribution in [0.15, 0.2) is 17.0 Å². The van der Waals surface area contributed by atoms with Crippen LogP contribution in [0.4, 0.5) is 13.2 Å². The van der Waals surface area contributed by atoms with Gasteiger partial charge in [0.1, 0.15) is 4.90 Å². The van der Waals surface area contributed by atoms with E-state index in [4.69, 9.17) is 5.14 Å². The number of primary sulfonamides is 1. The van der Waals surface area contributed by atoms with Crippen molar-refractivity contribution in [2.75, 3.05) is 0 Å². The van der Waals surface area contributed by atoms with Gasteiger partial charge < -0.3 is 0 Å². The highest BCUT2D eigenvalue weighted by molar-refractivity contribution is 7.89. The van der Waals surface area contributed by atoms with E-state index in [9.17, 15) is 21.6 Å². The highest BCUT2D eigenvalue weighted by atomic mass is 32.2. The molecule has 0 atom stereocenters. The molecule has 1 aromatic heterocycles. The SMILES string of the molecule is NS(=O)(=O)c1c(C(F)(F)F)ccc(CCC2CCCCC2)c1-c1nn[nH]n1. The van der Waals surface area contributed by atoms with E-state index in [0.29, 0.717) is 17.9 Å². The van der Waals surface area contributed by atoms with Gasteiger partial charge in [-0.25, -0.2) is 13.6 Å². The summed E-state index contributed by atoms with van der Waals surface area (Å²) in [7, 11) is -4.68.